The van der Waals surface area contributed by atoms with Crippen molar-refractivity contribution in [2.45, 2.75) is 0 Å². The van der Waals surface area contributed by atoms with Crippen LogP contribution in [-0.4, -0.2) is 24.7 Å². The average Bonchev–Trinajstić information content (AvgIpc) is 2.37. The molecule has 0 unspecified atom stereocenters. The third-order valence-corrected chi connectivity index (χ3v) is 2.70. The van der Waals surface area contributed by atoms with Crippen molar-refractivity contribution in [3.8, 4) is 0 Å². The minimum Gasteiger partial charge on any atom is -0.347 e. The van der Waals surface area contributed by atoms with Crippen LogP contribution in [-0.2, 0) is 0 Å². The molecule has 60 valence electrons. The predicted octanol–water partition coefficient (Wildman–Crippen LogP) is 1.55. The standard InChI is InChI=1S/C7H9FN2S/c8-3-6-4-10(5-6)7-9-1-2-11-7/h1-2,6H,3-5H2. The second kappa shape index (κ2) is 2.77. The van der Waals surface area contributed by atoms with E-state index >= 15 is 0 Å². The summed E-state index contributed by atoms with van der Waals surface area (Å²) in [5.41, 5.74) is 0. The van der Waals surface area contributed by atoms with Gasteiger partial charge in [-0.25, -0.2) is 4.98 Å². The Morgan fingerprint density at radius 2 is 2.55 bits per heavy atom. The molecule has 0 atom stereocenters. The molecule has 2 nitrogen and oxygen atoms in total. The van der Waals surface area contributed by atoms with Crippen molar-refractivity contribution in [1.29, 1.82) is 0 Å². The summed E-state index contributed by atoms with van der Waals surface area (Å²) in [5, 5.41) is 2.97. The van der Waals surface area contributed by atoms with Crippen molar-refractivity contribution >= 4 is 16.5 Å². The molecule has 0 aliphatic carbocycles. The van der Waals surface area contributed by atoms with E-state index in [-0.39, 0.29) is 12.6 Å². The highest BCUT2D eigenvalue weighted by Crippen LogP contribution is 2.26. The van der Waals surface area contributed by atoms with Crippen molar-refractivity contribution in [2.75, 3.05) is 24.7 Å². The number of nitrogens with zero attached hydrogens (tertiary/aromatic N) is 2. The van der Waals surface area contributed by atoms with Crippen LogP contribution in [0.5, 0.6) is 0 Å². The molecule has 0 amide bonds. The van der Waals surface area contributed by atoms with Gasteiger partial charge in [-0.2, -0.15) is 0 Å². The zero-order valence-corrected chi connectivity index (χ0v) is 6.85. The Morgan fingerprint density at radius 3 is 3.09 bits per heavy atom. The summed E-state index contributed by atoms with van der Waals surface area (Å²) in [6, 6.07) is 0. The number of rotatable bonds is 2. The molecule has 11 heavy (non-hydrogen) atoms. The van der Waals surface area contributed by atoms with Crippen LogP contribution < -0.4 is 4.90 Å². The minimum atomic E-state index is -0.193. The first-order valence-electron chi connectivity index (χ1n) is 3.60. The van der Waals surface area contributed by atoms with Crippen LogP contribution in [0, 0.1) is 5.92 Å². The van der Waals surface area contributed by atoms with Gasteiger partial charge in [-0.3, -0.25) is 4.39 Å². The minimum absolute atomic E-state index is 0.193. The van der Waals surface area contributed by atoms with Gasteiger partial charge in [-0.15, -0.1) is 11.3 Å². The summed E-state index contributed by atoms with van der Waals surface area (Å²) in [4.78, 5) is 6.24. The van der Waals surface area contributed by atoms with Gasteiger partial charge in [0.2, 0.25) is 0 Å². The molecule has 1 aromatic rings. The molecule has 4 heteroatoms. The van der Waals surface area contributed by atoms with E-state index in [2.05, 4.69) is 9.88 Å². The van der Waals surface area contributed by atoms with E-state index in [1.807, 2.05) is 5.38 Å². The number of aromatic nitrogens is 1. The zero-order valence-electron chi connectivity index (χ0n) is 6.03. The molecule has 0 N–H and O–H groups in total. The van der Waals surface area contributed by atoms with Crippen molar-refractivity contribution in [2.24, 2.45) is 5.92 Å². The van der Waals surface area contributed by atoms with Gasteiger partial charge in [-0.05, 0) is 0 Å². The van der Waals surface area contributed by atoms with Gasteiger partial charge in [0.1, 0.15) is 0 Å². The number of hydrogen-bond acceptors (Lipinski definition) is 3. The Hall–Kier alpha value is -0.640. The molecular weight excluding hydrogens is 163 g/mol. The fourth-order valence-corrected chi connectivity index (χ4v) is 1.86. The van der Waals surface area contributed by atoms with Crippen LogP contribution in [0.1, 0.15) is 0 Å². The lowest BCUT2D eigenvalue weighted by Gasteiger charge is -2.37. The molecule has 2 heterocycles. The monoisotopic (exact) mass is 172 g/mol. The van der Waals surface area contributed by atoms with Gasteiger partial charge in [0.25, 0.3) is 0 Å². The average molecular weight is 172 g/mol. The van der Waals surface area contributed by atoms with E-state index < -0.39 is 0 Å². The quantitative estimate of drug-likeness (QED) is 0.672. The first-order chi connectivity index (χ1) is 5.40. The maximum absolute atomic E-state index is 12.0. The van der Waals surface area contributed by atoms with Crippen LogP contribution >= 0.6 is 11.3 Å². The summed E-state index contributed by atoms with van der Waals surface area (Å²) in [5.74, 6) is 0.249. The first-order valence-corrected chi connectivity index (χ1v) is 4.48. The topological polar surface area (TPSA) is 16.1 Å². The summed E-state index contributed by atoms with van der Waals surface area (Å²) in [6.07, 6.45) is 1.78. The number of hydrogen-bond donors (Lipinski definition) is 0. The van der Waals surface area contributed by atoms with Crippen molar-refractivity contribution in [3.05, 3.63) is 11.6 Å². The third-order valence-electron chi connectivity index (χ3n) is 1.87. The van der Waals surface area contributed by atoms with Crippen molar-refractivity contribution < 1.29 is 4.39 Å². The van der Waals surface area contributed by atoms with Crippen molar-refractivity contribution in [3.63, 3.8) is 0 Å². The van der Waals surface area contributed by atoms with Gasteiger partial charge < -0.3 is 4.90 Å². The summed E-state index contributed by atoms with van der Waals surface area (Å²) < 4.78 is 12.0. The molecule has 0 bridgehead atoms. The Balaban J connectivity index is 1.92. The lowest BCUT2D eigenvalue weighted by molar-refractivity contribution is 0.306. The highest BCUT2D eigenvalue weighted by atomic mass is 32.1. The Bertz CT molecular complexity index is 218. The highest BCUT2D eigenvalue weighted by Gasteiger charge is 2.27. The van der Waals surface area contributed by atoms with Crippen LogP contribution in [0.3, 0.4) is 0 Å². The summed E-state index contributed by atoms with van der Waals surface area (Å²) in [7, 11) is 0. The molecular formula is C7H9FN2S. The molecule has 1 aliphatic rings. The molecule has 1 aliphatic heterocycles. The molecule has 1 saturated heterocycles. The summed E-state index contributed by atoms with van der Waals surface area (Å²) in [6.45, 7) is 1.48. The predicted molar refractivity (Wildman–Crippen MR) is 43.8 cm³/mol. The van der Waals surface area contributed by atoms with E-state index in [9.17, 15) is 4.39 Å². The second-order valence-corrected chi connectivity index (χ2v) is 3.61. The van der Waals surface area contributed by atoms with Gasteiger partial charge >= 0.3 is 0 Å². The first kappa shape index (κ1) is 7.03. The number of halogens is 1. The second-order valence-electron chi connectivity index (χ2n) is 2.74. The van der Waals surface area contributed by atoms with Gasteiger partial charge in [0, 0.05) is 30.6 Å². The lowest BCUT2D eigenvalue weighted by Crippen LogP contribution is -2.47. The van der Waals surface area contributed by atoms with E-state index in [1.165, 1.54) is 0 Å². The molecule has 0 radical (unpaired) electrons. The number of thiazole rings is 1. The molecule has 1 aromatic heterocycles. The number of anilines is 1. The van der Waals surface area contributed by atoms with E-state index in [0.29, 0.717) is 0 Å². The summed E-state index contributed by atoms with van der Waals surface area (Å²) >= 11 is 1.61. The SMILES string of the molecule is FCC1CN(c2nccs2)C1. The van der Waals surface area contributed by atoms with E-state index in [0.717, 1.165) is 18.2 Å². The maximum atomic E-state index is 12.0. The lowest BCUT2D eigenvalue weighted by atomic mass is 10.0. The van der Waals surface area contributed by atoms with Crippen LogP contribution in [0.2, 0.25) is 0 Å². The van der Waals surface area contributed by atoms with Gasteiger partial charge in [0.15, 0.2) is 5.13 Å². The normalized spacial score (nSPS) is 18.5. The zero-order chi connectivity index (χ0) is 7.68. The smallest absolute Gasteiger partial charge is 0.185 e. The van der Waals surface area contributed by atoms with Gasteiger partial charge in [-0.1, -0.05) is 0 Å². The Morgan fingerprint density at radius 1 is 1.73 bits per heavy atom. The maximum Gasteiger partial charge on any atom is 0.185 e. The molecule has 0 aromatic carbocycles. The van der Waals surface area contributed by atoms with Crippen molar-refractivity contribution in [1.82, 2.24) is 4.98 Å². The van der Waals surface area contributed by atoms with E-state index in [1.54, 1.807) is 17.5 Å². The molecule has 0 saturated carbocycles. The van der Waals surface area contributed by atoms with Crippen LogP contribution in [0.4, 0.5) is 9.52 Å². The Labute approximate surface area is 68.7 Å². The third kappa shape index (κ3) is 1.22. The largest absolute Gasteiger partial charge is 0.347 e. The van der Waals surface area contributed by atoms with Crippen LogP contribution in [0.15, 0.2) is 11.6 Å². The molecule has 1 fully saturated rings. The number of alkyl halides is 1. The molecule has 0 spiro atoms. The Kier molecular flexibility index (Phi) is 1.77. The van der Waals surface area contributed by atoms with E-state index in [4.69, 9.17) is 0 Å². The van der Waals surface area contributed by atoms with Gasteiger partial charge in [0.05, 0.1) is 6.67 Å². The fraction of sp³-hybridized carbons (Fsp3) is 0.571. The fourth-order valence-electron chi connectivity index (χ4n) is 1.20. The highest BCUT2D eigenvalue weighted by molar-refractivity contribution is 7.13. The van der Waals surface area contributed by atoms with Crippen LogP contribution in [0.25, 0.3) is 0 Å². The molecule has 2 rings (SSSR count).